The van der Waals surface area contributed by atoms with Crippen molar-refractivity contribution in [2.75, 3.05) is 26.2 Å². The number of benzene rings is 1. The van der Waals surface area contributed by atoms with Crippen molar-refractivity contribution in [1.29, 1.82) is 0 Å². The number of piperazine rings is 1. The van der Waals surface area contributed by atoms with Gasteiger partial charge >= 0.3 is 0 Å². The molecule has 2 aromatic rings. The van der Waals surface area contributed by atoms with Gasteiger partial charge < -0.3 is 14.4 Å². The summed E-state index contributed by atoms with van der Waals surface area (Å²) in [5, 5.41) is 0. The molecule has 0 atom stereocenters. The average Bonchev–Trinajstić information content (AvgIpc) is 2.91. The Morgan fingerprint density at radius 2 is 1.56 bits per heavy atom. The van der Waals surface area contributed by atoms with Gasteiger partial charge in [0.05, 0.1) is 12.0 Å². The molecule has 1 fully saturated rings. The van der Waals surface area contributed by atoms with Gasteiger partial charge in [-0.05, 0) is 44.9 Å². The summed E-state index contributed by atoms with van der Waals surface area (Å²) in [7, 11) is 1.98. The van der Waals surface area contributed by atoms with Crippen molar-refractivity contribution in [3.05, 3.63) is 57.9 Å². The quantitative estimate of drug-likeness (QED) is 0.837. The highest BCUT2D eigenvalue weighted by atomic mass is 16.2. The lowest BCUT2D eigenvalue weighted by atomic mass is 10.0. The molecule has 0 bridgehead atoms. The lowest BCUT2D eigenvalue weighted by Crippen LogP contribution is -2.51. The number of nitrogens with zero attached hydrogens (tertiary/aromatic N) is 3. The molecule has 0 spiro atoms. The predicted molar refractivity (Wildman–Crippen MR) is 107 cm³/mol. The van der Waals surface area contributed by atoms with Crippen LogP contribution in [0.5, 0.6) is 0 Å². The highest BCUT2D eigenvalue weighted by molar-refractivity contribution is 5.96. The number of hydrogen-bond acceptors (Lipinski definition) is 2. The fraction of sp³-hybridized carbons (Fsp3) is 0.455. The molecule has 1 aliphatic heterocycles. The third kappa shape index (κ3) is 3.92. The Bertz CT molecular complexity index is 874. The lowest BCUT2D eigenvalue weighted by Gasteiger charge is -2.35. The summed E-state index contributed by atoms with van der Waals surface area (Å²) < 4.78 is 2.04. The van der Waals surface area contributed by atoms with Crippen LogP contribution in [0.2, 0.25) is 0 Å². The van der Waals surface area contributed by atoms with Crippen LogP contribution in [0.15, 0.2) is 24.3 Å². The Morgan fingerprint density at radius 3 is 2.15 bits per heavy atom. The number of aromatic nitrogens is 1. The van der Waals surface area contributed by atoms with E-state index < -0.39 is 0 Å². The van der Waals surface area contributed by atoms with E-state index in [1.54, 1.807) is 0 Å². The van der Waals surface area contributed by atoms with Crippen LogP contribution >= 0.6 is 0 Å². The Balaban J connectivity index is 1.61. The zero-order valence-electron chi connectivity index (χ0n) is 17.0. The molecule has 2 amide bonds. The second-order valence-corrected chi connectivity index (χ2v) is 7.62. The third-order valence-electron chi connectivity index (χ3n) is 5.77. The molecule has 2 heterocycles. The van der Waals surface area contributed by atoms with Crippen LogP contribution in [0, 0.1) is 27.7 Å². The Kier molecular flexibility index (Phi) is 5.40. The van der Waals surface area contributed by atoms with E-state index in [1.807, 2.05) is 55.2 Å². The van der Waals surface area contributed by atoms with Crippen LogP contribution in [0.3, 0.4) is 0 Å². The van der Waals surface area contributed by atoms with E-state index in [1.165, 1.54) is 5.56 Å². The first-order valence-corrected chi connectivity index (χ1v) is 9.54. The van der Waals surface area contributed by atoms with Crippen LogP contribution < -0.4 is 0 Å². The van der Waals surface area contributed by atoms with Crippen LogP contribution in [-0.4, -0.2) is 52.4 Å². The molecule has 0 radical (unpaired) electrons. The molecule has 0 N–H and O–H groups in total. The number of amides is 2. The molecule has 144 valence electrons. The number of hydrogen-bond donors (Lipinski definition) is 0. The first kappa shape index (κ1) is 19.2. The minimum Gasteiger partial charge on any atom is -0.351 e. The highest BCUT2D eigenvalue weighted by Gasteiger charge is 2.26. The molecule has 1 saturated heterocycles. The van der Waals surface area contributed by atoms with E-state index in [0.29, 0.717) is 32.6 Å². The maximum absolute atomic E-state index is 12.8. The third-order valence-corrected chi connectivity index (χ3v) is 5.77. The lowest BCUT2D eigenvalue weighted by molar-refractivity contribution is -0.131. The smallest absolute Gasteiger partial charge is 0.255 e. The number of carbonyl (C=O) groups is 2. The van der Waals surface area contributed by atoms with E-state index in [9.17, 15) is 9.59 Å². The minimum atomic E-state index is 0.0674. The summed E-state index contributed by atoms with van der Waals surface area (Å²) in [6.07, 6.45) is 0.429. The molecule has 0 unspecified atom stereocenters. The summed E-state index contributed by atoms with van der Waals surface area (Å²) in [4.78, 5) is 29.3. The molecular weight excluding hydrogens is 338 g/mol. The summed E-state index contributed by atoms with van der Waals surface area (Å²) in [6.45, 7) is 10.4. The Hall–Kier alpha value is -2.56. The molecule has 0 aliphatic carbocycles. The Morgan fingerprint density at radius 1 is 0.926 bits per heavy atom. The van der Waals surface area contributed by atoms with Crippen molar-refractivity contribution in [3.63, 3.8) is 0 Å². The second kappa shape index (κ2) is 7.59. The highest BCUT2D eigenvalue weighted by Crippen LogP contribution is 2.18. The van der Waals surface area contributed by atoms with Crippen molar-refractivity contribution in [1.82, 2.24) is 14.4 Å². The molecule has 5 heteroatoms. The van der Waals surface area contributed by atoms with Gasteiger partial charge in [0.25, 0.3) is 5.91 Å². The Labute approximate surface area is 161 Å². The standard InChI is InChI=1S/C22H29N3O2/c1-15-6-7-16(2)19(12-15)14-21(26)24-8-10-25(11-9-24)22(27)20-13-17(3)23(5)18(20)4/h6-7,12-13H,8-11,14H2,1-5H3. The van der Waals surface area contributed by atoms with Gasteiger partial charge in [-0.25, -0.2) is 0 Å². The largest absolute Gasteiger partial charge is 0.351 e. The number of rotatable bonds is 3. The molecule has 1 aliphatic rings. The molecular formula is C22H29N3O2. The van der Waals surface area contributed by atoms with Gasteiger partial charge in [0, 0.05) is 44.6 Å². The zero-order chi connectivity index (χ0) is 19.7. The van der Waals surface area contributed by atoms with E-state index in [0.717, 1.165) is 28.1 Å². The molecule has 1 aromatic carbocycles. The van der Waals surface area contributed by atoms with Crippen molar-refractivity contribution in [3.8, 4) is 0 Å². The minimum absolute atomic E-state index is 0.0674. The molecule has 3 rings (SSSR count). The van der Waals surface area contributed by atoms with Crippen molar-refractivity contribution < 1.29 is 9.59 Å². The predicted octanol–water partition coefficient (Wildman–Crippen LogP) is 2.79. The van der Waals surface area contributed by atoms with E-state index in [-0.39, 0.29) is 11.8 Å². The van der Waals surface area contributed by atoms with Gasteiger partial charge in [0.1, 0.15) is 0 Å². The van der Waals surface area contributed by atoms with Crippen LogP contribution in [0.1, 0.15) is 38.4 Å². The van der Waals surface area contributed by atoms with E-state index in [2.05, 4.69) is 18.2 Å². The maximum atomic E-state index is 12.8. The molecule has 1 aromatic heterocycles. The maximum Gasteiger partial charge on any atom is 0.255 e. The second-order valence-electron chi connectivity index (χ2n) is 7.62. The van der Waals surface area contributed by atoms with Gasteiger partial charge in [-0.15, -0.1) is 0 Å². The van der Waals surface area contributed by atoms with Gasteiger partial charge in [-0.1, -0.05) is 23.8 Å². The molecule has 5 nitrogen and oxygen atoms in total. The number of aryl methyl sites for hydroxylation is 3. The van der Waals surface area contributed by atoms with E-state index >= 15 is 0 Å². The van der Waals surface area contributed by atoms with Crippen LogP contribution in [0.4, 0.5) is 0 Å². The summed E-state index contributed by atoms with van der Waals surface area (Å²) >= 11 is 0. The van der Waals surface area contributed by atoms with Crippen molar-refractivity contribution >= 4 is 11.8 Å². The van der Waals surface area contributed by atoms with Gasteiger partial charge in [0.2, 0.25) is 5.91 Å². The summed E-state index contributed by atoms with van der Waals surface area (Å²) in [5.74, 6) is 0.209. The molecule has 0 saturated carbocycles. The topological polar surface area (TPSA) is 45.6 Å². The average molecular weight is 367 g/mol. The van der Waals surface area contributed by atoms with Crippen molar-refractivity contribution in [2.45, 2.75) is 34.1 Å². The fourth-order valence-electron chi connectivity index (χ4n) is 3.67. The monoisotopic (exact) mass is 367 g/mol. The van der Waals surface area contributed by atoms with Crippen LogP contribution in [-0.2, 0) is 18.3 Å². The van der Waals surface area contributed by atoms with Crippen molar-refractivity contribution in [2.24, 2.45) is 7.05 Å². The summed E-state index contributed by atoms with van der Waals surface area (Å²) in [6, 6.07) is 8.18. The first-order valence-electron chi connectivity index (χ1n) is 9.54. The number of carbonyl (C=O) groups excluding carboxylic acids is 2. The van der Waals surface area contributed by atoms with Gasteiger partial charge in [-0.3, -0.25) is 9.59 Å². The van der Waals surface area contributed by atoms with Gasteiger partial charge in [0.15, 0.2) is 0 Å². The van der Waals surface area contributed by atoms with Crippen LogP contribution in [0.25, 0.3) is 0 Å². The zero-order valence-corrected chi connectivity index (χ0v) is 17.0. The SMILES string of the molecule is Cc1ccc(C)c(CC(=O)N2CCN(C(=O)c3cc(C)n(C)c3C)CC2)c1. The summed E-state index contributed by atoms with van der Waals surface area (Å²) in [5.41, 5.74) is 6.26. The van der Waals surface area contributed by atoms with E-state index in [4.69, 9.17) is 0 Å². The molecule has 27 heavy (non-hydrogen) atoms. The van der Waals surface area contributed by atoms with Gasteiger partial charge in [-0.2, -0.15) is 0 Å². The normalized spacial score (nSPS) is 14.6. The fourth-order valence-corrected chi connectivity index (χ4v) is 3.67. The first-order chi connectivity index (χ1) is 12.8.